The number of hydrogen-bond donors (Lipinski definition) is 2. The molecule has 0 aliphatic carbocycles. The molecule has 2 rings (SSSR count). The van der Waals surface area contributed by atoms with E-state index in [9.17, 15) is 4.79 Å². The van der Waals surface area contributed by atoms with Gasteiger partial charge in [-0.2, -0.15) is 0 Å². The third-order valence-corrected chi connectivity index (χ3v) is 3.58. The molecule has 0 saturated heterocycles. The Kier molecular flexibility index (Phi) is 11.4. The number of nitrogens with zero attached hydrogens (tertiary/aromatic N) is 1. The highest BCUT2D eigenvalue weighted by atomic mass is 16.6. The minimum Gasteiger partial charge on any atom is -0.477 e. The first-order chi connectivity index (χ1) is 13.9. The van der Waals surface area contributed by atoms with Crippen LogP contribution in [0.5, 0.6) is 0 Å². The van der Waals surface area contributed by atoms with Crippen LogP contribution in [0, 0.1) is 13.8 Å². The van der Waals surface area contributed by atoms with Gasteiger partial charge < -0.3 is 14.8 Å². The number of rotatable bonds is 8. The lowest BCUT2D eigenvalue weighted by Crippen LogP contribution is -2.08. The predicted octanol–water partition coefficient (Wildman–Crippen LogP) is 4.38. The van der Waals surface area contributed by atoms with E-state index in [-0.39, 0.29) is 12.3 Å². The summed E-state index contributed by atoms with van der Waals surface area (Å²) in [5.74, 6) is 3.80. The molecule has 0 atom stereocenters. The van der Waals surface area contributed by atoms with E-state index >= 15 is 0 Å². The lowest BCUT2D eigenvalue weighted by atomic mass is 10.1. The Morgan fingerprint density at radius 3 is 1.97 bits per heavy atom. The van der Waals surface area contributed by atoms with Crippen LogP contribution in [0.25, 0.3) is 12.2 Å². The molecule has 2 aromatic rings. The molecule has 2 aromatic carbocycles. The van der Waals surface area contributed by atoms with Gasteiger partial charge >= 0.3 is 5.97 Å². The molecule has 0 aromatic heterocycles. The van der Waals surface area contributed by atoms with E-state index in [1.165, 1.54) is 23.6 Å². The molecule has 0 unspecified atom stereocenters. The molecular formula is C23H28N2O4. The van der Waals surface area contributed by atoms with Crippen molar-refractivity contribution < 1.29 is 19.6 Å². The second-order valence-electron chi connectivity index (χ2n) is 6.24. The highest BCUT2D eigenvalue weighted by Gasteiger charge is 2.00. The number of hydrogen-bond acceptors (Lipinski definition) is 5. The van der Waals surface area contributed by atoms with Gasteiger partial charge in [-0.05, 0) is 38.0 Å². The topological polar surface area (TPSA) is 94.1 Å². The molecule has 3 N–H and O–H groups in total. The van der Waals surface area contributed by atoms with Crippen LogP contribution in [0.15, 0.2) is 65.8 Å². The van der Waals surface area contributed by atoms with Crippen molar-refractivity contribution in [3.8, 4) is 0 Å². The SMILES string of the molecule is C/C(=N/OC/C=C/c1cccc(C)c1)C(=O)O.Cc1cccc(/C=C/CON)c1. The molecule has 6 heteroatoms. The molecule has 154 valence electrons. The molecule has 0 spiro atoms. The third-order valence-electron chi connectivity index (χ3n) is 3.58. The smallest absolute Gasteiger partial charge is 0.353 e. The van der Waals surface area contributed by atoms with E-state index in [1.807, 2.05) is 61.5 Å². The number of carbonyl (C=O) groups is 1. The molecule has 0 saturated carbocycles. The zero-order valence-corrected chi connectivity index (χ0v) is 17.0. The van der Waals surface area contributed by atoms with Crippen molar-refractivity contribution >= 4 is 23.8 Å². The molecule has 0 amide bonds. The van der Waals surface area contributed by atoms with Crippen molar-refractivity contribution in [2.24, 2.45) is 11.1 Å². The first kappa shape index (κ1) is 23.8. The van der Waals surface area contributed by atoms with Crippen LogP contribution >= 0.6 is 0 Å². The first-order valence-corrected chi connectivity index (χ1v) is 9.10. The van der Waals surface area contributed by atoms with Gasteiger partial charge in [0.05, 0.1) is 6.61 Å². The fourth-order valence-corrected chi connectivity index (χ4v) is 2.19. The summed E-state index contributed by atoms with van der Waals surface area (Å²) >= 11 is 0. The average Bonchev–Trinajstić information content (AvgIpc) is 2.68. The van der Waals surface area contributed by atoms with E-state index in [4.69, 9.17) is 15.8 Å². The van der Waals surface area contributed by atoms with E-state index in [2.05, 4.69) is 29.0 Å². The highest BCUT2D eigenvalue weighted by molar-refractivity contribution is 6.34. The zero-order valence-electron chi connectivity index (χ0n) is 17.0. The van der Waals surface area contributed by atoms with Gasteiger partial charge in [0, 0.05) is 0 Å². The molecule has 0 bridgehead atoms. The minimum absolute atomic E-state index is 0.0612. The fraction of sp³-hybridized carbons (Fsp3) is 0.217. The van der Waals surface area contributed by atoms with Crippen molar-refractivity contribution in [1.82, 2.24) is 0 Å². The van der Waals surface area contributed by atoms with Crippen molar-refractivity contribution in [2.45, 2.75) is 20.8 Å². The maximum absolute atomic E-state index is 10.4. The van der Waals surface area contributed by atoms with Crippen LogP contribution in [0.4, 0.5) is 0 Å². The number of aliphatic carboxylic acids is 1. The van der Waals surface area contributed by atoms with E-state index in [0.717, 1.165) is 5.56 Å². The summed E-state index contributed by atoms with van der Waals surface area (Å²) in [4.78, 5) is 19.6. The Balaban J connectivity index is 0.000000308. The van der Waals surface area contributed by atoms with E-state index in [1.54, 1.807) is 6.08 Å². The number of oxime groups is 1. The van der Waals surface area contributed by atoms with Gasteiger partial charge in [-0.3, -0.25) is 0 Å². The lowest BCUT2D eigenvalue weighted by molar-refractivity contribution is -0.129. The van der Waals surface area contributed by atoms with Crippen LogP contribution in [0.1, 0.15) is 29.2 Å². The third kappa shape index (κ3) is 11.3. The monoisotopic (exact) mass is 396 g/mol. The zero-order chi connectivity index (χ0) is 21.5. The molecule has 0 radical (unpaired) electrons. The van der Waals surface area contributed by atoms with Crippen LogP contribution in [-0.2, 0) is 14.5 Å². The Morgan fingerprint density at radius 2 is 1.52 bits per heavy atom. The maximum atomic E-state index is 10.4. The summed E-state index contributed by atoms with van der Waals surface area (Å²) in [5.41, 5.74) is 4.63. The van der Waals surface area contributed by atoms with Crippen molar-refractivity contribution in [3.63, 3.8) is 0 Å². The number of benzene rings is 2. The Morgan fingerprint density at radius 1 is 1.00 bits per heavy atom. The second-order valence-corrected chi connectivity index (χ2v) is 6.24. The molecule has 0 aliphatic heterocycles. The van der Waals surface area contributed by atoms with Crippen LogP contribution in [-0.4, -0.2) is 30.0 Å². The molecule has 29 heavy (non-hydrogen) atoms. The highest BCUT2D eigenvalue weighted by Crippen LogP contribution is 2.06. The van der Waals surface area contributed by atoms with Gasteiger partial charge in [0.1, 0.15) is 6.61 Å². The first-order valence-electron chi connectivity index (χ1n) is 9.10. The number of carboxylic acids is 1. The van der Waals surface area contributed by atoms with Crippen molar-refractivity contribution in [3.05, 3.63) is 82.9 Å². The number of nitrogens with two attached hydrogens (primary N) is 1. The standard InChI is InChI=1S/C13H15NO3.C10H13NO/c1-10-5-3-6-12(9-10)7-4-8-17-14-11(2)13(15)16;1-9-4-2-5-10(8-9)6-3-7-12-11/h3-7,9H,8H2,1-2H3,(H,15,16);2-6,8H,7,11H2,1H3/b7-4+,14-11-;6-3+. The second kappa shape index (κ2) is 13.9. The summed E-state index contributed by atoms with van der Waals surface area (Å²) in [6, 6.07) is 16.3. The van der Waals surface area contributed by atoms with E-state index < -0.39 is 5.97 Å². The number of aryl methyl sites for hydroxylation is 2. The Labute approximate surface area is 171 Å². The van der Waals surface area contributed by atoms with Gasteiger partial charge in [0.2, 0.25) is 0 Å². The summed E-state index contributed by atoms with van der Waals surface area (Å²) in [6.45, 7) is 6.17. The molecular weight excluding hydrogens is 368 g/mol. The van der Waals surface area contributed by atoms with Crippen molar-refractivity contribution in [2.75, 3.05) is 13.2 Å². The lowest BCUT2D eigenvalue weighted by Gasteiger charge is -1.96. The maximum Gasteiger partial charge on any atom is 0.353 e. The summed E-state index contributed by atoms with van der Waals surface area (Å²) in [5, 5.41) is 12.0. The summed E-state index contributed by atoms with van der Waals surface area (Å²) < 4.78 is 0. The normalized spacial score (nSPS) is 11.4. The fourth-order valence-electron chi connectivity index (χ4n) is 2.19. The Bertz CT molecular complexity index is 857. The van der Waals surface area contributed by atoms with Gasteiger partial charge in [-0.25, -0.2) is 10.7 Å². The summed E-state index contributed by atoms with van der Waals surface area (Å²) in [6.07, 6.45) is 7.56. The number of carboxylic acid groups (broad SMARTS) is 1. The minimum atomic E-state index is -1.08. The van der Waals surface area contributed by atoms with Gasteiger partial charge in [-0.1, -0.05) is 83.0 Å². The Hall–Kier alpha value is -3.22. The van der Waals surface area contributed by atoms with Gasteiger partial charge in [0.25, 0.3) is 0 Å². The largest absolute Gasteiger partial charge is 0.477 e. The quantitative estimate of drug-likeness (QED) is 0.392. The molecule has 0 fully saturated rings. The average molecular weight is 396 g/mol. The van der Waals surface area contributed by atoms with E-state index in [0.29, 0.717) is 6.61 Å². The van der Waals surface area contributed by atoms with Gasteiger partial charge in [0.15, 0.2) is 5.71 Å². The molecule has 6 nitrogen and oxygen atoms in total. The van der Waals surface area contributed by atoms with Gasteiger partial charge in [-0.15, -0.1) is 0 Å². The van der Waals surface area contributed by atoms with Crippen LogP contribution in [0.3, 0.4) is 0 Å². The molecule has 0 aliphatic rings. The predicted molar refractivity (Wildman–Crippen MR) is 117 cm³/mol. The van der Waals surface area contributed by atoms with Crippen LogP contribution < -0.4 is 5.90 Å². The molecule has 0 heterocycles. The van der Waals surface area contributed by atoms with Crippen LogP contribution in [0.2, 0.25) is 0 Å². The van der Waals surface area contributed by atoms with Crippen molar-refractivity contribution in [1.29, 1.82) is 0 Å². The summed E-state index contributed by atoms with van der Waals surface area (Å²) in [7, 11) is 0.